The third kappa shape index (κ3) is 6.41. The molecule has 8 aliphatic rings. The predicted octanol–water partition coefficient (Wildman–Crippen LogP) is 7.93. The largest absolute Gasteiger partial charge is 0.352 e. The number of ether oxygens (including phenoxy) is 4. The van der Waals surface area contributed by atoms with Crippen molar-refractivity contribution in [1.82, 2.24) is 5.32 Å². The van der Waals surface area contributed by atoms with E-state index in [4.69, 9.17) is 33.6 Å². The Labute approximate surface area is 314 Å². The lowest BCUT2D eigenvalue weighted by atomic mass is 9.56. The van der Waals surface area contributed by atoms with Crippen LogP contribution in [0.5, 0.6) is 0 Å². The molecule has 0 aromatic heterocycles. The quantitative estimate of drug-likeness (QED) is 0.203. The molecular formula is C42H62FNO9. The van der Waals surface area contributed by atoms with E-state index in [2.05, 4.69) is 46.9 Å². The Morgan fingerprint density at radius 1 is 0.811 bits per heavy atom. The fraction of sp³-hybridized carbons (Fsp3) is 0.833. The zero-order chi connectivity index (χ0) is 37.5. The Kier molecular flexibility index (Phi) is 10.1. The molecule has 11 heteroatoms. The highest BCUT2D eigenvalue weighted by Crippen LogP contribution is 2.62. The van der Waals surface area contributed by atoms with Crippen LogP contribution in [0.1, 0.15) is 118 Å². The average Bonchev–Trinajstić information content (AvgIpc) is 3.42. The standard InChI is InChI=1S/C42H62FNO9/c1-23-8-14-32-25(3)34(47-37-41(32,51-46)30(23)16-18-39(5,6)49-37)20-28(36(45)44-22-27-10-12-29(43)13-11-27)21-35-26(4)33-15-9-24(2)31-17-19-40(7)50-38(48-35)42(31,33)53-52-40/h10-13,23-26,28,30-35,37-38,46H,8-9,14-22H2,1-7H3,(H,44,45). The number of rotatable bonds is 8. The van der Waals surface area contributed by atoms with E-state index >= 15 is 0 Å². The molecule has 6 heterocycles. The predicted molar refractivity (Wildman–Crippen MR) is 192 cm³/mol. The van der Waals surface area contributed by atoms with E-state index in [1.807, 2.05) is 6.92 Å². The van der Waals surface area contributed by atoms with Gasteiger partial charge in [-0.15, -0.1) is 0 Å². The molecule has 16 atom stereocenters. The summed E-state index contributed by atoms with van der Waals surface area (Å²) in [5.74, 6) is -0.413. The van der Waals surface area contributed by atoms with E-state index in [1.165, 1.54) is 12.1 Å². The van der Waals surface area contributed by atoms with Crippen LogP contribution in [-0.4, -0.2) is 58.5 Å². The summed E-state index contributed by atoms with van der Waals surface area (Å²) in [7, 11) is 0. The van der Waals surface area contributed by atoms with Gasteiger partial charge in [0, 0.05) is 30.7 Å². The van der Waals surface area contributed by atoms with Gasteiger partial charge in [0.05, 0.1) is 17.8 Å². The van der Waals surface area contributed by atoms with E-state index in [9.17, 15) is 14.4 Å². The minimum absolute atomic E-state index is 0.00650. The van der Waals surface area contributed by atoms with Crippen molar-refractivity contribution in [2.45, 2.75) is 167 Å². The molecular weight excluding hydrogens is 681 g/mol. The van der Waals surface area contributed by atoms with Gasteiger partial charge in [-0.1, -0.05) is 39.8 Å². The fourth-order valence-corrected chi connectivity index (χ4v) is 12.2. The van der Waals surface area contributed by atoms with Crippen LogP contribution < -0.4 is 5.32 Å². The van der Waals surface area contributed by atoms with E-state index < -0.39 is 41.1 Å². The van der Waals surface area contributed by atoms with Gasteiger partial charge < -0.3 is 24.3 Å². The van der Waals surface area contributed by atoms with E-state index in [0.29, 0.717) is 24.7 Å². The van der Waals surface area contributed by atoms with Gasteiger partial charge in [-0.05, 0) is 132 Å². The van der Waals surface area contributed by atoms with Crippen molar-refractivity contribution in [3.05, 3.63) is 35.6 Å². The second kappa shape index (κ2) is 14.0. The average molecular weight is 744 g/mol. The molecule has 2 aliphatic carbocycles. The van der Waals surface area contributed by atoms with Gasteiger partial charge in [0.25, 0.3) is 0 Å². The van der Waals surface area contributed by atoms with Crippen LogP contribution >= 0.6 is 0 Å². The lowest BCUT2D eigenvalue weighted by molar-refractivity contribution is -0.571. The number of carbonyl (C=O) groups excluding carboxylic acids is 1. The summed E-state index contributed by atoms with van der Waals surface area (Å²) < 4.78 is 41.1. The van der Waals surface area contributed by atoms with Crippen LogP contribution in [0.25, 0.3) is 0 Å². The normalized spacial score (nSPS) is 47.7. The van der Waals surface area contributed by atoms with Crippen LogP contribution in [-0.2, 0) is 44.9 Å². The molecule has 1 spiro atoms. The van der Waals surface area contributed by atoms with Gasteiger partial charge >= 0.3 is 0 Å². The van der Waals surface area contributed by atoms with Crippen molar-refractivity contribution in [3.63, 3.8) is 0 Å². The zero-order valence-electron chi connectivity index (χ0n) is 32.7. The highest BCUT2D eigenvalue weighted by atomic mass is 19.1. The molecule has 296 valence electrons. The lowest BCUT2D eigenvalue weighted by Crippen LogP contribution is -2.70. The highest BCUT2D eigenvalue weighted by molar-refractivity contribution is 5.78. The van der Waals surface area contributed by atoms with Gasteiger partial charge in [-0.2, -0.15) is 0 Å². The van der Waals surface area contributed by atoms with Gasteiger partial charge in [-0.25, -0.2) is 19.1 Å². The summed E-state index contributed by atoms with van der Waals surface area (Å²) >= 11 is 0. The maximum atomic E-state index is 14.5. The maximum Gasteiger partial charge on any atom is 0.223 e. The Morgan fingerprint density at radius 2 is 1.43 bits per heavy atom. The Hall–Kier alpha value is -1.70. The summed E-state index contributed by atoms with van der Waals surface area (Å²) in [5.41, 5.74) is -1.30. The Balaban J connectivity index is 1.09. The summed E-state index contributed by atoms with van der Waals surface area (Å²) in [6, 6.07) is 6.22. The van der Waals surface area contributed by atoms with Gasteiger partial charge in [0.15, 0.2) is 23.8 Å². The number of nitrogens with one attached hydrogen (secondary N) is 1. The molecule has 2 saturated carbocycles. The molecule has 10 nitrogen and oxygen atoms in total. The monoisotopic (exact) mass is 743 g/mol. The molecule has 9 rings (SSSR count). The molecule has 53 heavy (non-hydrogen) atoms. The minimum Gasteiger partial charge on any atom is -0.352 e. The third-order valence-electron chi connectivity index (χ3n) is 15.4. The molecule has 0 radical (unpaired) electrons. The fourth-order valence-electron chi connectivity index (χ4n) is 12.2. The third-order valence-corrected chi connectivity index (χ3v) is 15.4. The van der Waals surface area contributed by atoms with Crippen molar-refractivity contribution >= 4 is 5.91 Å². The highest BCUT2D eigenvalue weighted by Gasteiger charge is 2.70. The molecule has 1 aromatic rings. The number of fused-ring (bicyclic) bond motifs is 2. The topological polar surface area (TPSA) is 114 Å². The van der Waals surface area contributed by atoms with Crippen molar-refractivity contribution in [2.75, 3.05) is 0 Å². The second-order valence-corrected chi connectivity index (χ2v) is 19.0. The molecule has 6 saturated heterocycles. The number of hydrogen-bond acceptors (Lipinski definition) is 9. The number of hydrogen-bond donors (Lipinski definition) is 2. The van der Waals surface area contributed by atoms with E-state index in [0.717, 1.165) is 56.9 Å². The Bertz CT molecular complexity index is 1490. The van der Waals surface area contributed by atoms with Crippen molar-refractivity contribution in [2.24, 2.45) is 53.3 Å². The van der Waals surface area contributed by atoms with Crippen LogP contribution in [0.15, 0.2) is 24.3 Å². The maximum absolute atomic E-state index is 14.5. The molecule has 16 unspecified atom stereocenters. The van der Waals surface area contributed by atoms with Crippen LogP contribution in [0.3, 0.4) is 0 Å². The van der Waals surface area contributed by atoms with Crippen molar-refractivity contribution in [1.29, 1.82) is 0 Å². The van der Waals surface area contributed by atoms with Gasteiger partial charge in [-0.3, -0.25) is 10.1 Å². The van der Waals surface area contributed by atoms with Crippen LogP contribution in [0.2, 0.25) is 0 Å². The molecule has 2 bridgehead atoms. The lowest BCUT2D eigenvalue weighted by Gasteiger charge is -2.60. The van der Waals surface area contributed by atoms with Crippen molar-refractivity contribution in [3.8, 4) is 0 Å². The first kappa shape index (κ1) is 38.2. The number of halogens is 1. The van der Waals surface area contributed by atoms with Crippen molar-refractivity contribution < 1.29 is 48.1 Å². The van der Waals surface area contributed by atoms with Gasteiger partial charge in [0.1, 0.15) is 5.82 Å². The summed E-state index contributed by atoms with van der Waals surface area (Å²) in [5, 5.41) is 14.0. The van der Waals surface area contributed by atoms with Gasteiger partial charge in [0.2, 0.25) is 11.7 Å². The van der Waals surface area contributed by atoms with Crippen LogP contribution in [0, 0.1) is 59.1 Å². The first-order chi connectivity index (χ1) is 25.2. The molecule has 6 aliphatic heterocycles. The van der Waals surface area contributed by atoms with E-state index in [-0.39, 0.29) is 66.0 Å². The smallest absolute Gasteiger partial charge is 0.223 e. The summed E-state index contributed by atoms with van der Waals surface area (Å²) in [6.07, 6.45) is 6.34. The second-order valence-electron chi connectivity index (χ2n) is 19.0. The Morgan fingerprint density at radius 3 is 2.13 bits per heavy atom. The first-order valence-electron chi connectivity index (χ1n) is 20.6. The SMILES string of the molecule is CC1CCC2C(C)C(CC(CC3OC4OC5(C)CCC6C(C)CCC(C3C)C46OO5)C(=O)NCc3ccc(F)cc3)OC3OC(C)(C)CCC1C32OO. The number of amides is 1. The minimum atomic E-state index is -0.972. The molecule has 1 amide bonds. The zero-order valence-corrected chi connectivity index (χ0v) is 32.7. The number of carbonyl (C=O) groups is 1. The molecule has 8 fully saturated rings. The number of benzene rings is 1. The molecule has 2 N–H and O–H groups in total. The van der Waals surface area contributed by atoms with Crippen LogP contribution in [0.4, 0.5) is 4.39 Å². The molecule has 1 aromatic carbocycles. The van der Waals surface area contributed by atoms with E-state index in [1.54, 1.807) is 12.1 Å². The summed E-state index contributed by atoms with van der Waals surface area (Å²) in [4.78, 5) is 32.6. The first-order valence-corrected chi connectivity index (χ1v) is 20.6. The summed E-state index contributed by atoms with van der Waals surface area (Å²) in [6.45, 7) is 15.4.